The van der Waals surface area contributed by atoms with Crippen LogP contribution in [0.1, 0.15) is 49.9 Å². The Labute approximate surface area is 347 Å². The van der Waals surface area contributed by atoms with Crippen molar-refractivity contribution < 1.29 is 4.57 Å². The van der Waals surface area contributed by atoms with Gasteiger partial charge in [-0.2, -0.15) is 0 Å². The van der Waals surface area contributed by atoms with Crippen molar-refractivity contribution in [1.82, 2.24) is 0 Å². The summed E-state index contributed by atoms with van der Waals surface area (Å²) in [7, 11) is -3.55. The Bertz CT molecular complexity index is 2990. The molecule has 0 saturated carbocycles. The monoisotopic (exact) mass is 781 g/mol. The molecule has 0 amide bonds. The van der Waals surface area contributed by atoms with Gasteiger partial charge in [0.25, 0.3) is 0 Å². The number of rotatable bonds is 6. The van der Waals surface area contributed by atoms with E-state index in [2.05, 4.69) is 169 Å². The molecule has 0 bridgehead atoms. The second-order valence-corrected chi connectivity index (χ2v) is 19.4. The van der Waals surface area contributed by atoms with Gasteiger partial charge < -0.3 is 4.90 Å². The quantitative estimate of drug-likeness (QED) is 0.157. The summed E-state index contributed by atoms with van der Waals surface area (Å²) in [5, 5.41) is 0.766. The van der Waals surface area contributed by atoms with Crippen molar-refractivity contribution in [2.45, 2.75) is 38.5 Å². The minimum Gasteiger partial charge on any atom is -0.310 e. The maximum atomic E-state index is 16.5. The first-order chi connectivity index (χ1) is 28.7. The lowest BCUT2D eigenvalue weighted by atomic mass is 9.82. The second kappa shape index (κ2) is 12.9. The highest BCUT2D eigenvalue weighted by molar-refractivity contribution is 7.76. The summed E-state index contributed by atoms with van der Waals surface area (Å²) in [6.45, 7) is 9.37. The van der Waals surface area contributed by atoms with Crippen LogP contribution < -0.4 is 19.5 Å². The summed E-state index contributed by atoms with van der Waals surface area (Å²) >= 11 is 0. The van der Waals surface area contributed by atoms with Crippen molar-refractivity contribution in [2.75, 3.05) is 14.2 Å². The average molecular weight is 782 g/mol. The van der Waals surface area contributed by atoms with E-state index in [4.69, 9.17) is 0 Å². The van der Waals surface area contributed by atoms with E-state index in [1.165, 1.54) is 44.5 Å². The average Bonchev–Trinajstić information content (AvgIpc) is 3.78. The van der Waals surface area contributed by atoms with Crippen LogP contribution in [0.15, 0.2) is 194 Å². The zero-order chi connectivity index (χ0) is 40.1. The largest absolute Gasteiger partial charge is 0.310 e. The lowest BCUT2D eigenvalue weighted by Crippen LogP contribution is -2.26. The molecule has 4 nitrogen and oxygen atoms in total. The van der Waals surface area contributed by atoms with Gasteiger partial charge in [-0.25, -0.2) is 0 Å². The minimum absolute atomic E-state index is 0.171. The molecule has 11 rings (SSSR count). The lowest BCUT2D eigenvalue weighted by Gasteiger charge is -2.33. The molecule has 5 heteroatoms. The highest BCUT2D eigenvalue weighted by atomic mass is 31.2. The third-order valence-electron chi connectivity index (χ3n) is 13.0. The van der Waals surface area contributed by atoms with Gasteiger partial charge in [0.15, 0.2) is 0 Å². The van der Waals surface area contributed by atoms with Crippen LogP contribution in [0.2, 0.25) is 0 Å². The van der Waals surface area contributed by atoms with Gasteiger partial charge in [-0.15, -0.1) is 0 Å². The first-order valence-electron chi connectivity index (χ1n) is 20.5. The third-order valence-corrected chi connectivity index (χ3v) is 15.9. The molecule has 0 spiro atoms. The molecule has 8 aromatic carbocycles. The molecule has 8 aromatic rings. The number of fused-ring (bicyclic) bond motifs is 7. The van der Waals surface area contributed by atoms with Crippen LogP contribution in [-0.2, 0) is 15.4 Å². The standard InChI is InChI=1S/C54H44N3OP/c1-53(2)46-28-17-15-26-44(46)52-47(53)29-18-30-50(52)55(39-31-33-43-42-25-14-16-27-45(42)54(3,4)48(43)35-39)40-32-34-49-51(36-40)57(38-21-10-6-11-22-38)59(58,41-23-12-7-13-24-41)56(49)37-19-8-5-9-20-37/h5-36H,1-4H3. The number of nitrogens with zero attached hydrogens (tertiary/aromatic N) is 3. The SMILES string of the molecule is CC1(C)c2ccccc2-c2ccc(N(c3ccc4c(c3)N(c3ccccc3)P(=O)(c3ccccc3)N4c3ccccc3)c3cccc4c3-c3ccccc3C4(C)C)cc21. The molecule has 1 atom stereocenters. The highest BCUT2D eigenvalue weighted by Gasteiger charge is 2.49. The maximum Gasteiger partial charge on any atom is 0.301 e. The summed E-state index contributed by atoms with van der Waals surface area (Å²) in [6.07, 6.45) is 0. The Balaban J connectivity index is 1.19. The van der Waals surface area contributed by atoms with E-state index in [1.807, 2.05) is 66.7 Å². The molecule has 0 aromatic heterocycles. The molecule has 2 aliphatic carbocycles. The van der Waals surface area contributed by atoms with E-state index >= 15 is 4.57 Å². The minimum atomic E-state index is -3.55. The van der Waals surface area contributed by atoms with E-state index in [0.29, 0.717) is 0 Å². The van der Waals surface area contributed by atoms with Crippen LogP contribution in [-0.4, -0.2) is 0 Å². The topological polar surface area (TPSA) is 26.8 Å². The fraction of sp³-hybridized carbons (Fsp3) is 0.111. The Hall–Kier alpha value is -6.61. The Morgan fingerprint density at radius 2 is 0.915 bits per heavy atom. The molecule has 1 unspecified atom stereocenters. The normalized spacial score (nSPS) is 17.5. The third kappa shape index (κ3) is 5.06. The van der Waals surface area contributed by atoms with Crippen LogP contribution in [0.5, 0.6) is 0 Å². The van der Waals surface area contributed by atoms with E-state index in [9.17, 15) is 0 Å². The Morgan fingerprint density at radius 3 is 1.59 bits per heavy atom. The van der Waals surface area contributed by atoms with Gasteiger partial charge in [0.2, 0.25) is 0 Å². The van der Waals surface area contributed by atoms with Gasteiger partial charge in [0.1, 0.15) is 0 Å². The predicted molar refractivity (Wildman–Crippen MR) is 247 cm³/mol. The van der Waals surface area contributed by atoms with Crippen LogP contribution in [0, 0.1) is 0 Å². The molecular formula is C54H44N3OP. The van der Waals surface area contributed by atoms with Crippen LogP contribution in [0.4, 0.5) is 39.8 Å². The van der Waals surface area contributed by atoms with E-state index in [-0.39, 0.29) is 10.8 Å². The smallest absolute Gasteiger partial charge is 0.301 e. The van der Waals surface area contributed by atoms with E-state index < -0.39 is 7.44 Å². The predicted octanol–water partition coefficient (Wildman–Crippen LogP) is 14.6. The van der Waals surface area contributed by atoms with E-state index in [1.54, 1.807) is 0 Å². The lowest BCUT2D eigenvalue weighted by molar-refractivity contribution is 0.582. The maximum absolute atomic E-state index is 16.5. The van der Waals surface area contributed by atoms with Gasteiger partial charge in [-0.05, 0) is 112 Å². The van der Waals surface area contributed by atoms with Gasteiger partial charge in [0, 0.05) is 39.1 Å². The first-order valence-corrected chi connectivity index (χ1v) is 22.1. The summed E-state index contributed by atoms with van der Waals surface area (Å²) in [5.74, 6) is 0. The molecular weight excluding hydrogens is 738 g/mol. The van der Waals surface area contributed by atoms with Gasteiger partial charge in [-0.1, -0.05) is 149 Å². The van der Waals surface area contributed by atoms with Crippen molar-refractivity contribution in [1.29, 1.82) is 0 Å². The number of hydrogen-bond donors (Lipinski definition) is 0. The number of para-hydroxylation sites is 2. The van der Waals surface area contributed by atoms with Crippen LogP contribution in [0.3, 0.4) is 0 Å². The fourth-order valence-corrected chi connectivity index (χ4v) is 13.2. The summed E-state index contributed by atoms with van der Waals surface area (Å²) < 4.78 is 20.6. The molecule has 59 heavy (non-hydrogen) atoms. The number of benzene rings is 8. The molecule has 0 saturated heterocycles. The van der Waals surface area contributed by atoms with Gasteiger partial charge in [-0.3, -0.25) is 13.9 Å². The molecule has 286 valence electrons. The second-order valence-electron chi connectivity index (χ2n) is 17.0. The fourth-order valence-electron chi connectivity index (χ4n) is 10.1. The van der Waals surface area contributed by atoms with Gasteiger partial charge in [0.05, 0.1) is 22.4 Å². The van der Waals surface area contributed by atoms with Crippen molar-refractivity contribution in [3.8, 4) is 22.3 Å². The first kappa shape index (κ1) is 35.5. The van der Waals surface area contributed by atoms with Crippen molar-refractivity contribution >= 4 is 52.6 Å². The number of hydrogen-bond acceptors (Lipinski definition) is 2. The summed E-state index contributed by atoms with van der Waals surface area (Å²) in [6, 6.07) is 68.5. The van der Waals surface area contributed by atoms with Gasteiger partial charge >= 0.3 is 7.44 Å². The Kier molecular flexibility index (Phi) is 7.80. The van der Waals surface area contributed by atoms with Crippen molar-refractivity contribution in [3.05, 3.63) is 216 Å². The molecule has 1 heterocycles. The molecule has 0 fully saturated rings. The summed E-state index contributed by atoms with van der Waals surface area (Å²) in [5.41, 5.74) is 16.8. The summed E-state index contributed by atoms with van der Waals surface area (Å²) in [4.78, 5) is 2.44. The highest BCUT2D eigenvalue weighted by Crippen LogP contribution is 2.70. The molecule has 1 aliphatic heterocycles. The van der Waals surface area contributed by atoms with Crippen LogP contribution >= 0.6 is 7.44 Å². The molecule has 0 N–H and O–H groups in total. The zero-order valence-electron chi connectivity index (χ0n) is 33.7. The van der Waals surface area contributed by atoms with E-state index in [0.717, 1.165) is 45.1 Å². The van der Waals surface area contributed by atoms with Crippen molar-refractivity contribution in [3.63, 3.8) is 0 Å². The Morgan fingerprint density at radius 1 is 0.424 bits per heavy atom. The molecule has 0 radical (unpaired) electrons. The van der Waals surface area contributed by atoms with Crippen molar-refractivity contribution in [2.24, 2.45) is 0 Å². The van der Waals surface area contributed by atoms with Crippen LogP contribution in [0.25, 0.3) is 22.3 Å². The number of anilines is 7. The zero-order valence-corrected chi connectivity index (χ0v) is 34.6. The molecule has 3 aliphatic rings.